The van der Waals surface area contributed by atoms with Gasteiger partial charge in [-0.25, -0.2) is 4.79 Å². The molecule has 0 aliphatic carbocycles. The molecular formula is C14H17BrN2O4. The van der Waals surface area contributed by atoms with Crippen LogP contribution in [0.1, 0.15) is 23.2 Å². The van der Waals surface area contributed by atoms with Gasteiger partial charge in [0.25, 0.3) is 0 Å². The second-order valence-electron chi connectivity index (χ2n) is 4.80. The van der Waals surface area contributed by atoms with Gasteiger partial charge in [0.2, 0.25) is 5.91 Å². The number of benzene rings is 1. The Hall–Kier alpha value is -1.44. The number of carboxylic acids is 1. The van der Waals surface area contributed by atoms with Gasteiger partial charge in [0.05, 0.1) is 17.4 Å². The van der Waals surface area contributed by atoms with Gasteiger partial charge in [0, 0.05) is 4.47 Å². The third-order valence-corrected chi connectivity index (χ3v) is 3.72. The summed E-state index contributed by atoms with van der Waals surface area (Å²) in [6.07, 6.45) is 1.85. The number of carbonyl (C=O) groups is 2. The average Bonchev–Trinajstić information content (AvgIpc) is 2.48. The Morgan fingerprint density at radius 2 is 2.10 bits per heavy atom. The zero-order valence-corrected chi connectivity index (χ0v) is 13.0. The molecule has 0 unspecified atom stereocenters. The standard InChI is InChI=1S/C14H17BrN2O4/c15-9-1-2-12(11(7-9)14(19)20)17-13(18)8-21-10-3-5-16-6-4-10/h1-2,7,10,16H,3-6,8H2,(H,17,18)(H,19,20). The molecule has 0 aromatic heterocycles. The summed E-state index contributed by atoms with van der Waals surface area (Å²) in [5.74, 6) is -1.44. The van der Waals surface area contributed by atoms with Crippen LogP contribution in [-0.4, -0.2) is 42.8 Å². The molecule has 0 bridgehead atoms. The van der Waals surface area contributed by atoms with E-state index in [0.717, 1.165) is 25.9 Å². The van der Waals surface area contributed by atoms with Gasteiger partial charge in [-0.05, 0) is 44.1 Å². The van der Waals surface area contributed by atoms with E-state index in [1.165, 1.54) is 6.07 Å². The number of carboxylic acid groups (broad SMARTS) is 1. The first-order chi connectivity index (χ1) is 10.1. The first-order valence-corrected chi connectivity index (χ1v) is 7.50. The lowest BCUT2D eigenvalue weighted by atomic mass is 10.1. The highest BCUT2D eigenvalue weighted by atomic mass is 79.9. The van der Waals surface area contributed by atoms with Gasteiger partial charge in [0.1, 0.15) is 6.61 Å². The highest BCUT2D eigenvalue weighted by molar-refractivity contribution is 9.10. The molecule has 0 radical (unpaired) electrons. The van der Waals surface area contributed by atoms with Crippen LogP contribution in [0.2, 0.25) is 0 Å². The Kier molecular flexibility index (Phi) is 5.72. The number of hydrogen-bond donors (Lipinski definition) is 3. The molecule has 7 heteroatoms. The molecule has 1 saturated heterocycles. The Morgan fingerprint density at radius 1 is 1.38 bits per heavy atom. The predicted octanol–water partition coefficient (Wildman–Crippen LogP) is 1.85. The van der Waals surface area contributed by atoms with Gasteiger partial charge in [-0.1, -0.05) is 15.9 Å². The maximum absolute atomic E-state index is 11.9. The third-order valence-electron chi connectivity index (χ3n) is 3.22. The summed E-state index contributed by atoms with van der Waals surface area (Å²) in [6, 6.07) is 4.68. The minimum Gasteiger partial charge on any atom is -0.478 e. The van der Waals surface area contributed by atoms with Crippen molar-refractivity contribution in [2.45, 2.75) is 18.9 Å². The van der Waals surface area contributed by atoms with E-state index in [-0.39, 0.29) is 29.9 Å². The van der Waals surface area contributed by atoms with Crippen molar-refractivity contribution in [3.63, 3.8) is 0 Å². The number of hydrogen-bond acceptors (Lipinski definition) is 4. The van der Waals surface area contributed by atoms with Crippen molar-refractivity contribution >= 4 is 33.5 Å². The summed E-state index contributed by atoms with van der Waals surface area (Å²) in [5, 5.41) is 14.9. The maximum atomic E-state index is 11.9. The van der Waals surface area contributed by atoms with Crippen LogP contribution in [0.4, 0.5) is 5.69 Å². The summed E-state index contributed by atoms with van der Waals surface area (Å²) in [7, 11) is 0. The van der Waals surface area contributed by atoms with Crippen LogP contribution in [0, 0.1) is 0 Å². The average molecular weight is 357 g/mol. The van der Waals surface area contributed by atoms with Gasteiger partial charge < -0.3 is 20.5 Å². The van der Waals surface area contributed by atoms with Crippen molar-refractivity contribution in [3.8, 4) is 0 Å². The molecular weight excluding hydrogens is 340 g/mol. The molecule has 1 amide bonds. The van der Waals surface area contributed by atoms with Crippen LogP contribution in [0.15, 0.2) is 22.7 Å². The van der Waals surface area contributed by atoms with Crippen molar-refractivity contribution in [1.82, 2.24) is 5.32 Å². The normalized spacial score (nSPS) is 15.7. The van der Waals surface area contributed by atoms with Gasteiger partial charge in [-0.3, -0.25) is 4.79 Å². The zero-order chi connectivity index (χ0) is 15.2. The van der Waals surface area contributed by atoms with E-state index in [4.69, 9.17) is 9.84 Å². The molecule has 0 spiro atoms. The van der Waals surface area contributed by atoms with Crippen LogP contribution in [-0.2, 0) is 9.53 Å². The van der Waals surface area contributed by atoms with E-state index in [9.17, 15) is 9.59 Å². The number of aromatic carboxylic acids is 1. The number of piperidine rings is 1. The molecule has 1 aliphatic rings. The van der Waals surface area contributed by atoms with E-state index in [2.05, 4.69) is 26.6 Å². The molecule has 1 aromatic carbocycles. The predicted molar refractivity (Wildman–Crippen MR) is 81.6 cm³/mol. The van der Waals surface area contributed by atoms with Crippen molar-refractivity contribution in [2.75, 3.05) is 25.0 Å². The number of amides is 1. The van der Waals surface area contributed by atoms with Crippen molar-refractivity contribution in [3.05, 3.63) is 28.2 Å². The second kappa shape index (κ2) is 7.53. The first kappa shape index (κ1) is 15.9. The van der Waals surface area contributed by atoms with Gasteiger partial charge in [0.15, 0.2) is 0 Å². The van der Waals surface area contributed by atoms with Gasteiger partial charge >= 0.3 is 5.97 Å². The zero-order valence-electron chi connectivity index (χ0n) is 11.4. The highest BCUT2D eigenvalue weighted by Crippen LogP contribution is 2.21. The van der Waals surface area contributed by atoms with E-state index >= 15 is 0 Å². The summed E-state index contributed by atoms with van der Waals surface area (Å²) in [6.45, 7) is 1.71. The van der Waals surface area contributed by atoms with Gasteiger partial charge in [-0.15, -0.1) is 0 Å². The number of halogens is 1. The monoisotopic (exact) mass is 356 g/mol. The molecule has 0 saturated carbocycles. The van der Waals surface area contributed by atoms with Crippen molar-refractivity contribution < 1.29 is 19.4 Å². The molecule has 21 heavy (non-hydrogen) atoms. The molecule has 1 fully saturated rings. The lowest BCUT2D eigenvalue weighted by molar-refractivity contribution is -0.123. The minimum atomic E-state index is -1.09. The number of rotatable bonds is 5. The Morgan fingerprint density at radius 3 is 2.76 bits per heavy atom. The van der Waals surface area contributed by atoms with Crippen LogP contribution in [0.25, 0.3) is 0 Å². The molecule has 0 atom stereocenters. The number of ether oxygens (including phenoxy) is 1. The fraction of sp³-hybridized carbons (Fsp3) is 0.429. The summed E-state index contributed by atoms with van der Waals surface area (Å²) in [5.41, 5.74) is 0.309. The van der Waals surface area contributed by atoms with E-state index in [0.29, 0.717) is 4.47 Å². The van der Waals surface area contributed by atoms with Crippen molar-refractivity contribution in [2.24, 2.45) is 0 Å². The maximum Gasteiger partial charge on any atom is 0.337 e. The SMILES string of the molecule is O=C(COC1CCNCC1)Nc1ccc(Br)cc1C(=O)O. The summed E-state index contributed by atoms with van der Waals surface area (Å²) >= 11 is 3.21. The summed E-state index contributed by atoms with van der Waals surface area (Å²) < 4.78 is 6.17. The number of anilines is 1. The van der Waals surface area contributed by atoms with E-state index in [1.54, 1.807) is 12.1 Å². The Labute approximate surface area is 131 Å². The fourth-order valence-corrected chi connectivity index (χ4v) is 2.51. The lowest BCUT2D eigenvalue weighted by Gasteiger charge is -2.22. The quantitative estimate of drug-likeness (QED) is 0.749. The molecule has 114 valence electrons. The van der Waals surface area contributed by atoms with Gasteiger partial charge in [-0.2, -0.15) is 0 Å². The molecule has 3 N–H and O–H groups in total. The Balaban J connectivity index is 1.91. The second-order valence-corrected chi connectivity index (χ2v) is 5.72. The number of carbonyl (C=O) groups excluding carboxylic acids is 1. The molecule has 1 aliphatic heterocycles. The van der Waals surface area contributed by atoms with Crippen LogP contribution in [0.5, 0.6) is 0 Å². The van der Waals surface area contributed by atoms with Crippen molar-refractivity contribution in [1.29, 1.82) is 0 Å². The lowest BCUT2D eigenvalue weighted by Crippen LogP contribution is -2.34. The van der Waals surface area contributed by atoms with E-state index < -0.39 is 5.97 Å². The Bertz CT molecular complexity index is 530. The molecule has 2 rings (SSSR count). The molecule has 1 heterocycles. The topological polar surface area (TPSA) is 87.7 Å². The largest absolute Gasteiger partial charge is 0.478 e. The van der Waals surface area contributed by atoms with E-state index in [1.807, 2.05) is 0 Å². The number of nitrogens with one attached hydrogen (secondary N) is 2. The van der Waals surface area contributed by atoms with Crippen LogP contribution >= 0.6 is 15.9 Å². The summed E-state index contributed by atoms with van der Waals surface area (Å²) in [4.78, 5) is 23.0. The minimum absolute atomic E-state index is 0.0413. The first-order valence-electron chi connectivity index (χ1n) is 6.71. The molecule has 6 nitrogen and oxygen atoms in total. The van der Waals surface area contributed by atoms with Crippen LogP contribution < -0.4 is 10.6 Å². The highest BCUT2D eigenvalue weighted by Gasteiger charge is 2.16. The third kappa shape index (κ3) is 4.80. The molecule has 1 aromatic rings. The smallest absolute Gasteiger partial charge is 0.337 e. The van der Waals surface area contributed by atoms with Crippen LogP contribution in [0.3, 0.4) is 0 Å². The fourth-order valence-electron chi connectivity index (χ4n) is 2.14.